The van der Waals surface area contributed by atoms with Crippen molar-refractivity contribution in [3.8, 4) is 17.0 Å². The van der Waals surface area contributed by atoms with Gasteiger partial charge in [0.2, 0.25) is 0 Å². The van der Waals surface area contributed by atoms with E-state index in [1.807, 2.05) is 6.92 Å². The molecular formula is C26H35ClF3N3O4S. The molecule has 1 aliphatic rings. The number of amides is 1. The average molecular weight is 578 g/mol. The van der Waals surface area contributed by atoms with Crippen LogP contribution in [-0.4, -0.2) is 55.4 Å². The number of aromatic nitrogens is 2. The van der Waals surface area contributed by atoms with Gasteiger partial charge in [0.25, 0.3) is 5.91 Å². The molecule has 2 aromatic rings. The molecule has 0 atom stereocenters. The molecule has 1 N–H and O–H groups in total. The molecule has 1 aliphatic carbocycles. The van der Waals surface area contributed by atoms with Crippen molar-refractivity contribution in [1.29, 1.82) is 0 Å². The zero-order chi connectivity index (χ0) is 28.5. The topological polar surface area (TPSA) is 90.3 Å². The van der Waals surface area contributed by atoms with Gasteiger partial charge in [-0.1, -0.05) is 31.5 Å². The van der Waals surface area contributed by atoms with E-state index in [0.29, 0.717) is 61.3 Å². The van der Waals surface area contributed by atoms with Crippen molar-refractivity contribution in [2.24, 2.45) is 11.3 Å². The van der Waals surface area contributed by atoms with Crippen LogP contribution >= 0.6 is 11.6 Å². The van der Waals surface area contributed by atoms with E-state index in [9.17, 15) is 26.4 Å². The molecule has 1 saturated carbocycles. The van der Waals surface area contributed by atoms with Crippen molar-refractivity contribution in [2.45, 2.75) is 70.8 Å². The SMILES string of the molecule is CCn1nc(C(=O)NCC2CCC(S(C)(=O)=O)CC2)c(Cl)c1-c1ccc(CC(C)(C)C(F)(F)F)cc1OC. The Morgan fingerprint density at radius 2 is 1.84 bits per heavy atom. The molecule has 0 radical (unpaired) electrons. The summed E-state index contributed by atoms with van der Waals surface area (Å²) in [6, 6.07) is 4.79. The number of carbonyl (C=O) groups excluding carboxylic acids is 1. The van der Waals surface area contributed by atoms with Crippen LogP contribution in [0.3, 0.4) is 0 Å². The second-order valence-corrected chi connectivity index (χ2v) is 13.3. The summed E-state index contributed by atoms with van der Waals surface area (Å²) in [5.74, 6) is 0.0415. The number of sulfone groups is 1. The van der Waals surface area contributed by atoms with Gasteiger partial charge in [-0.15, -0.1) is 0 Å². The lowest BCUT2D eigenvalue weighted by molar-refractivity contribution is -0.211. The molecule has 1 aromatic heterocycles. The maximum Gasteiger partial charge on any atom is 0.394 e. The number of nitrogens with zero attached hydrogens (tertiary/aromatic N) is 2. The minimum absolute atomic E-state index is 0.0395. The third-order valence-electron chi connectivity index (χ3n) is 7.29. The van der Waals surface area contributed by atoms with Gasteiger partial charge < -0.3 is 10.1 Å². The number of rotatable bonds is 9. The fourth-order valence-electron chi connectivity index (χ4n) is 4.81. The molecule has 1 amide bonds. The van der Waals surface area contributed by atoms with E-state index in [1.165, 1.54) is 13.4 Å². The molecule has 38 heavy (non-hydrogen) atoms. The lowest BCUT2D eigenvalue weighted by atomic mass is 9.84. The Kier molecular flexibility index (Phi) is 9.13. The lowest BCUT2D eigenvalue weighted by Crippen LogP contribution is -2.34. The largest absolute Gasteiger partial charge is 0.496 e. The number of ether oxygens (including phenoxy) is 1. The van der Waals surface area contributed by atoms with Crippen molar-refractivity contribution in [2.75, 3.05) is 19.9 Å². The quantitative estimate of drug-likeness (QED) is 0.413. The summed E-state index contributed by atoms with van der Waals surface area (Å²) in [7, 11) is -1.64. The predicted octanol–water partition coefficient (Wildman–Crippen LogP) is 5.70. The summed E-state index contributed by atoms with van der Waals surface area (Å²) in [5.41, 5.74) is -0.477. The van der Waals surface area contributed by atoms with Gasteiger partial charge >= 0.3 is 6.18 Å². The summed E-state index contributed by atoms with van der Waals surface area (Å²) in [4.78, 5) is 13.0. The first-order chi connectivity index (χ1) is 17.6. The number of hydrogen-bond donors (Lipinski definition) is 1. The molecular weight excluding hydrogens is 543 g/mol. The van der Waals surface area contributed by atoms with Gasteiger partial charge in [0.1, 0.15) is 15.6 Å². The van der Waals surface area contributed by atoms with Gasteiger partial charge in [0.05, 0.1) is 28.5 Å². The number of aryl methyl sites for hydroxylation is 1. The maximum absolute atomic E-state index is 13.4. The third-order valence-corrected chi connectivity index (χ3v) is 9.33. The molecule has 0 bridgehead atoms. The van der Waals surface area contributed by atoms with Gasteiger partial charge in [-0.2, -0.15) is 18.3 Å². The molecule has 3 rings (SSSR count). The number of halogens is 4. The van der Waals surface area contributed by atoms with Crippen LogP contribution in [0.1, 0.15) is 62.5 Å². The lowest BCUT2D eigenvalue weighted by Gasteiger charge is -2.28. The van der Waals surface area contributed by atoms with Crippen LogP contribution < -0.4 is 10.1 Å². The van der Waals surface area contributed by atoms with E-state index in [2.05, 4.69) is 10.4 Å². The second-order valence-electron chi connectivity index (χ2n) is 10.6. The highest BCUT2D eigenvalue weighted by molar-refractivity contribution is 7.91. The summed E-state index contributed by atoms with van der Waals surface area (Å²) in [6.45, 7) is 4.91. The van der Waals surface area contributed by atoms with Gasteiger partial charge in [0.15, 0.2) is 5.69 Å². The summed E-state index contributed by atoms with van der Waals surface area (Å²) >= 11 is 6.65. The van der Waals surface area contributed by atoms with Crippen LogP contribution in [0.5, 0.6) is 5.75 Å². The van der Waals surface area contributed by atoms with Crippen LogP contribution in [0.2, 0.25) is 5.02 Å². The summed E-state index contributed by atoms with van der Waals surface area (Å²) in [6.07, 6.45) is -0.777. The Labute approximate surface area is 227 Å². The van der Waals surface area contributed by atoms with E-state index < -0.39 is 27.3 Å². The molecule has 0 spiro atoms. The van der Waals surface area contributed by atoms with Crippen LogP contribution in [0, 0.1) is 11.3 Å². The van der Waals surface area contributed by atoms with Crippen molar-refractivity contribution in [3.63, 3.8) is 0 Å². The first kappa shape index (κ1) is 30.3. The molecule has 212 valence electrons. The van der Waals surface area contributed by atoms with Crippen molar-refractivity contribution >= 4 is 27.3 Å². The average Bonchev–Trinajstić information content (AvgIpc) is 3.17. The fraction of sp³-hybridized carbons (Fsp3) is 0.615. The molecule has 7 nitrogen and oxygen atoms in total. The fourth-order valence-corrected chi connectivity index (χ4v) is 6.26. The van der Waals surface area contributed by atoms with Gasteiger partial charge in [-0.3, -0.25) is 9.48 Å². The molecule has 12 heteroatoms. The van der Waals surface area contributed by atoms with E-state index in [1.54, 1.807) is 22.9 Å². The van der Waals surface area contributed by atoms with Gasteiger partial charge in [-0.05, 0) is 62.6 Å². The predicted molar refractivity (Wildman–Crippen MR) is 141 cm³/mol. The first-order valence-corrected chi connectivity index (χ1v) is 14.9. The third kappa shape index (κ3) is 6.65. The monoisotopic (exact) mass is 577 g/mol. The maximum atomic E-state index is 13.4. The minimum Gasteiger partial charge on any atom is -0.496 e. The number of nitrogens with one attached hydrogen (secondary N) is 1. The molecule has 0 saturated heterocycles. The number of benzene rings is 1. The molecule has 0 unspecified atom stereocenters. The number of methoxy groups -OCH3 is 1. The van der Waals surface area contributed by atoms with E-state index in [4.69, 9.17) is 16.3 Å². The Hall–Kier alpha value is -2.27. The van der Waals surface area contributed by atoms with E-state index in [0.717, 1.165) is 13.8 Å². The van der Waals surface area contributed by atoms with Crippen LogP contribution in [0.4, 0.5) is 13.2 Å². The second kappa shape index (κ2) is 11.5. The highest BCUT2D eigenvalue weighted by Crippen LogP contribution is 2.42. The normalized spacial score (nSPS) is 18.9. The highest BCUT2D eigenvalue weighted by atomic mass is 35.5. The van der Waals surface area contributed by atoms with Gasteiger partial charge in [0, 0.05) is 24.9 Å². The smallest absolute Gasteiger partial charge is 0.394 e. The zero-order valence-electron chi connectivity index (χ0n) is 22.3. The molecule has 1 fully saturated rings. The van der Waals surface area contributed by atoms with E-state index in [-0.39, 0.29) is 28.3 Å². The number of alkyl halides is 3. The Morgan fingerprint density at radius 3 is 2.37 bits per heavy atom. The minimum atomic E-state index is -4.36. The van der Waals surface area contributed by atoms with Crippen LogP contribution in [-0.2, 0) is 22.8 Å². The van der Waals surface area contributed by atoms with Crippen LogP contribution in [0.25, 0.3) is 11.3 Å². The van der Waals surface area contributed by atoms with E-state index >= 15 is 0 Å². The molecule has 0 aliphatic heterocycles. The van der Waals surface area contributed by atoms with Crippen LogP contribution in [0.15, 0.2) is 18.2 Å². The highest BCUT2D eigenvalue weighted by Gasteiger charge is 2.47. The van der Waals surface area contributed by atoms with Gasteiger partial charge in [-0.25, -0.2) is 8.42 Å². The van der Waals surface area contributed by atoms with Crippen molar-refractivity contribution < 1.29 is 31.1 Å². The first-order valence-electron chi connectivity index (χ1n) is 12.6. The molecule has 1 aromatic carbocycles. The number of carbonyl (C=O) groups is 1. The standard InChI is InChI=1S/C26H35ClF3N3O4S/c1-6-33-23(19-12-9-17(13-20(19)37-4)14-25(2,3)26(28,29)30)21(27)22(32-33)24(34)31-15-16-7-10-18(11-8-16)38(5,35)36/h9,12-13,16,18H,6-8,10-11,14-15H2,1-5H3,(H,31,34). The number of hydrogen-bond acceptors (Lipinski definition) is 5. The Bertz CT molecular complexity index is 1270. The molecule has 1 heterocycles. The van der Waals surface area contributed by atoms with Crippen molar-refractivity contribution in [3.05, 3.63) is 34.5 Å². The Balaban J connectivity index is 1.80. The zero-order valence-corrected chi connectivity index (χ0v) is 23.9. The Morgan fingerprint density at radius 1 is 1.21 bits per heavy atom. The summed E-state index contributed by atoms with van der Waals surface area (Å²) in [5, 5.41) is 7.05. The van der Waals surface area contributed by atoms with Crippen molar-refractivity contribution in [1.82, 2.24) is 15.1 Å². The summed E-state index contributed by atoms with van der Waals surface area (Å²) < 4.78 is 70.8.